The Morgan fingerprint density at radius 2 is 2.43 bits per heavy atom. The second kappa shape index (κ2) is 3.71. The van der Waals surface area contributed by atoms with Crippen molar-refractivity contribution in [1.29, 1.82) is 0 Å². The van der Waals surface area contributed by atoms with Gasteiger partial charge in [0.2, 0.25) is 0 Å². The third-order valence-electron chi connectivity index (χ3n) is 1.92. The van der Waals surface area contributed by atoms with E-state index in [1.54, 1.807) is 16.0 Å². The number of hydrogen-bond acceptors (Lipinski definition) is 4. The van der Waals surface area contributed by atoms with Crippen molar-refractivity contribution in [2.24, 2.45) is 7.05 Å². The van der Waals surface area contributed by atoms with Gasteiger partial charge in [-0.3, -0.25) is 4.68 Å². The molecule has 0 atom stereocenters. The number of nitrogen functional groups attached to an aromatic ring is 1. The standard InChI is InChI=1S/C9H12N4S/c1-13-4-2-9(12-13)11-6-8-7(10)3-5-14-8/h2-5H,6,10H2,1H3,(H,11,12). The molecule has 2 aromatic rings. The van der Waals surface area contributed by atoms with Gasteiger partial charge in [-0.15, -0.1) is 11.3 Å². The first-order valence-electron chi connectivity index (χ1n) is 4.31. The molecule has 0 unspecified atom stereocenters. The van der Waals surface area contributed by atoms with Crippen LogP contribution < -0.4 is 11.1 Å². The van der Waals surface area contributed by atoms with Gasteiger partial charge < -0.3 is 11.1 Å². The van der Waals surface area contributed by atoms with Gasteiger partial charge in [0.05, 0.1) is 6.54 Å². The second-order valence-electron chi connectivity index (χ2n) is 3.03. The summed E-state index contributed by atoms with van der Waals surface area (Å²) in [6.07, 6.45) is 1.90. The number of hydrogen-bond donors (Lipinski definition) is 2. The van der Waals surface area contributed by atoms with Gasteiger partial charge in [0.15, 0.2) is 0 Å². The van der Waals surface area contributed by atoms with Crippen molar-refractivity contribution >= 4 is 22.8 Å². The van der Waals surface area contributed by atoms with Crippen LogP contribution in [0.25, 0.3) is 0 Å². The zero-order valence-corrected chi connectivity index (χ0v) is 8.71. The molecule has 3 N–H and O–H groups in total. The van der Waals surface area contributed by atoms with E-state index >= 15 is 0 Å². The lowest BCUT2D eigenvalue weighted by atomic mass is 10.4. The zero-order chi connectivity index (χ0) is 9.97. The first kappa shape index (κ1) is 9.08. The van der Waals surface area contributed by atoms with Crippen molar-refractivity contribution in [2.75, 3.05) is 11.1 Å². The van der Waals surface area contributed by atoms with E-state index in [-0.39, 0.29) is 0 Å². The lowest BCUT2D eigenvalue weighted by Crippen LogP contribution is -2.01. The smallest absolute Gasteiger partial charge is 0.148 e. The molecule has 0 aliphatic carbocycles. The minimum Gasteiger partial charge on any atom is -0.398 e. The molecule has 0 aliphatic rings. The van der Waals surface area contributed by atoms with E-state index in [0.717, 1.165) is 22.9 Å². The Hall–Kier alpha value is -1.49. The number of rotatable bonds is 3. The highest BCUT2D eigenvalue weighted by Crippen LogP contribution is 2.19. The largest absolute Gasteiger partial charge is 0.398 e. The summed E-state index contributed by atoms with van der Waals surface area (Å²) in [6.45, 7) is 0.737. The molecule has 0 saturated carbocycles. The topological polar surface area (TPSA) is 55.9 Å². The first-order valence-corrected chi connectivity index (χ1v) is 5.19. The van der Waals surface area contributed by atoms with Crippen molar-refractivity contribution < 1.29 is 0 Å². The molecule has 2 heterocycles. The summed E-state index contributed by atoms with van der Waals surface area (Å²) in [5.74, 6) is 0.875. The molecule has 0 aliphatic heterocycles. The lowest BCUT2D eigenvalue weighted by molar-refractivity contribution is 0.768. The maximum Gasteiger partial charge on any atom is 0.148 e. The van der Waals surface area contributed by atoms with Crippen LogP contribution in [0.5, 0.6) is 0 Å². The average molecular weight is 208 g/mol. The number of nitrogens with two attached hydrogens (primary N) is 1. The van der Waals surface area contributed by atoms with Gasteiger partial charge in [-0.25, -0.2) is 0 Å². The lowest BCUT2D eigenvalue weighted by Gasteiger charge is -2.01. The summed E-state index contributed by atoms with van der Waals surface area (Å²) in [5, 5.41) is 9.41. The van der Waals surface area contributed by atoms with Gasteiger partial charge in [0.25, 0.3) is 0 Å². The summed E-state index contributed by atoms with van der Waals surface area (Å²) in [5.41, 5.74) is 6.60. The molecule has 0 spiro atoms. The molecule has 0 radical (unpaired) electrons. The van der Waals surface area contributed by atoms with E-state index in [9.17, 15) is 0 Å². The zero-order valence-electron chi connectivity index (χ0n) is 7.90. The van der Waals surface area contributed by atoms with E-state index in [2.05, 4.69) is 10.4 Å². The van der Waals surface area contributed by atoms with Gasteiger partial charge >= 0.3 is 0 Å². The molecule has 0 bridgehead atoms. The van der Waals surface area contributed by atoms with Crippen LogP contribution in [0.2, 0.25) is 0 Å². The monoisotopic (exact) mass is 208 g/mol. The Balaban J connectivity index is 1.98. The van der Waals surface area contributed by atoms with Crippen molar-refractivity contribution in [3.8, 4) is 0 Å². The third-order valence-corrected chi connectivity index (χ3v) is 2.86. The van der Waals surface area contributed by atoms with Crippen LogP contribution >= 0.6 is 11.3 Å². The molecule has 5 heteroatoms. The molecular weight excluding hydrogens is 196 g/mol. The highest BCUT2D eigenvalue weighted by molar-refractivity contribution is 7.10. The van der Waals surface area contributed by atoms with E-state index in [4.69, 9.17) is 5.73 Å². The highest BCUT2D eigenvalue weighted by Gasteiger charge is 2.01. The van der Waals surface area contributed by atoms with Gasteiger partial charge in [0, 0.05) is 29.9 Å². The summed E-state index contributed by atoms with van der Waals surface area (Å²) < 4.78 is 1.76. The minimum absolute atomic E-state index is 0.737. The normalized spacial score (nSPS) is 10.4. The molecule has 14 heavy (non-hydrogen) atoms. The quantitative estimate of drug-likeness (QED) is 0.806. The van der Waals surface area contributed by atoms with E-state index in [1.807, 2.05) is 30.8 Å². The fourth-order valence-corrected chi connectivity index (χ4v) is 1.91. The molecule has 2 aromatic heterocycles. The van der Waals surface area contributed by atoms with Crippen molar-refractivity contribution in [3.63, 3.8) is 0 Å². The van der Waals surface area contributed by atoms with E-state index in [0.29, 0.717) is 0 Å². The summed E-state index contributed by atoms with van der Waals surface area (Å²) in [4.78, 5) is 1.15. The van der Waals surface area contributed by atoms with Crippen LogP contribution in [-0.2, 0) is 13.6 Å². The second-order valence-corrected chi connectivity index (χ2v) is 4.03. The van der Waals surface area contributed by atoms with Gasteiger partial charge in [-0.1, -0.05) is 0 Å². The molecular formula is C9H12N4S. The first-order chi connectivity index (χ1) is 6.75. The van der Waals surface area contributed by atoms with Gasteiger partial charge in [-0.05, 0) is 11.4 Å². The fraction of sp³-hybridized carbons (Fsp3) is 0.222. The van der Waals surface area contributed by atoms with Gasteiger partial charge in [0.1, 0.15) is 5.82 Å². The van der Waals surface area contributed by atoms with E-state index < -0.39 is 0 Å². The van der Waals surface area contributed by atoms with Gasteiger partial charge in [-0.2, -0.15) is 5.10 Å². The number of nitrogens with zero attached hydrogens (tertiary/aromatic N) is 2. The molecule has 0 aromatic carbocycles. The number of aromatic nitrogens is 2. The third kappa shape index (κ3) is 1.88. The molecule has 4 nitrogen and oxygen atoms in total. The molecule has 74 valence electrons. The number of anilines is 2. The van der Waals surface area contributed by atoms with Crippen LogP contribution in [0.1, 0.15) is 4.88 Å². The average Bonchev–Trinajstić information content (AvgIpc) is 2.72. The fourth-order valence-electron chi connectivity index (χ4n) is 1.17. The summed E-state index contributed by atoms with van der Waals surface area (Å²) in [6, 6.07) is 3.85. The molecule has 0 amide bonds. The number of thiophene rings is 1. The Morgan fingerprint density at radius 3 is 3.00 bits per heavy atom. The van der Waals surface area contributed by atoms with Crippen LogP contribution in [0.3, 0.4) is 0 Å². The van der Waals surface area contributed by atoms with Crippen LogP contribution in [0.15, 0.2) is 23.7 Å². The highest BCUT2D eigenvalue weighted by atomic mass is 32.1. The molecule has 2 rings (SSSR count). The SMILES string of the molecule is Cn1ccc(NCc2sccc2N)n1. The van der Waals surface area contributed by atoms with E-state index in [1.165, 1.54) is 0 Å². The minimum atomic E-state index is 0.737. The number of aryl methyl sites for hydroxylation is 1. The summed E-state index contributed by atoms with van der Waals surface area (Å²) >= 11 is 1.65. The maximum atomic E-state index is 5.75. The predicted octanol–water partition coefficient (Wildman–Crippen LogP) is 1.68. The Morgan fingerprint density at radius 1 is 1.57 bits per heavy atom. The Bertz CT molecular complexity index is 418. The van der Waals surface area contributed by atoms with Crippen molar-refractivity contribution in [3.05, 3.63) is 28.6 Å². The van der Waals surface area contributed by atoms with Crippen molar-refractivity contribution in [2.45, 2.75) is 6.54 Å². The molecule has 0 saturated heterocycles. The number of nitrogens with one attached hydrogen (secondary N) is 1. The predicted molar refractivity (Wildman–Crippen MR) is 59.3 cm³/mol. The van der Waals surface area contributed by atoms with Crippen LogP contribution in [-0.4, -0.2) is 9.78 Å². The Kier molecular flexibility index (Phi) is 2.41. The molecule has 0 fully saturated rings. The maximum absolute atomic E-state index is 5.75. The summed E-state index contributed by atoms with van der Waals surface area (Å²) in [7, 11) is 1.89. The van der Waals surface area contributed by atoms with Crippen molar-refractivity contribution in [1.82, 2.24) is 9.78 Å². The van der Waals surface area contributed by atoms with Crippen LogP contribution in [0, 0.1) is 0 Å². The van der Waals surface area contributed by atoms with Crippen LogP contribution in [0.4, 0.5) is 11.5 Å². The Labute approximate surface area is 86.4 Å².